The number of phenols is 1. The molecule has 1 aromatic rings. The molecule has 2 aliphatic carbocycles. The van der Waals surface area contributed by atoms with Crippen molar-refractivity contribution >= 4 is 5.78 Å². The van der Waals surface area contributed by atoms with Crippen LogP contribution in [0.15, 0.2) is 18.2 Å². The summed E-state index contributed by atoms with van der Waals surface area (Å²) in [5.74, 6) is 1.75. The van der Waals surface area contributed by atoms with Crippen LogP contribution in [-0.2, 0) is 0 Å². The summed E-state index contributed by atoms with van der Waals surface area (Å²) in [6.45, 7) is 6.63. The molecule has 0 saturated heterocycles. The fourth-order valence-corrected chi connectivity index (χ4v) is 4.70. The zero-order valence-electron chi connectivity index (χ0n) is 13.3. The first-order valence-corrected chi connectivity index (χ1v) is 7.76. The molecule has 2 fully saturated rings. The summed E-state index contributed by atoms with van der Waals surface area (Å²) < 4.78 is 5.10. The Balaban J connectivity index is 1.98. The molecule has 1 N–H and O–H groups in total. The summed E-state index contributed by atoms with van der Waals surface area (Å²) in [6, 6.07) is 4.98. The number of carbonyl (C=O) groups is 1. The number of hydrogen-bond donors (Lipinski definition) is 1. The van der Waals surface area contributed by atoms with Crippen LogP contribution in [0.25, 0.3) is 0 Å². The van der Waals surface area contributed by atoms with E-state index >= 15 is 0 Å². The Morgan fingerprint density at radius 2 is 2.05 bits per heavy atom. The van der Waals surface area contributed by atoms with E-state index in [4.69, 9.17) is 4.74 Å². The third-order valence-corrected chi connectivity index (χ3v) is 6.01. The summed E-state index contributed by atoms with van der Waals surface area (Å²) in [6.07, 6.45) is 3.27. The minimum Gasteiger partial charge on any atom is -0.507 e. The van der Waals surface area contributed by atoms with Gasteiger partial charge in [0.05, 0.1) is 12.7 Å². The fraction of sp³-hybridized carbons (Fsp3) is 0.611. The third kappa shape index (κ3) is 1.82. The van der Waals surface area contributed by atoms with E-state index in [2.05, 4.69) is 20.8 Å². The van der Waals surface area contributed by atoms with E-state index < -0.39 is 0 Å². The average Bonchev–Trinajstić information content (AvgIpc) is 2.94. The highest BCUT2D eigenvalue weighted by Crippen LogP contribution is 2.76. The van der Waals surface area contributed by atoms with Crippen molar-refractivity contribution in [3.63, 3.8) is 0 Å². The molecule has 0 spiro atoms. The molecule has 21 heavy (non-hydrogen) atoms. The van der Waals surface area contributed by atoms with Crippen molar-refractivity contribution in [3.05, 3.63) is 23.8 Å². The van der Waals surface area contributed by atoms with Gasteiger partial charge in [0, 0.05) is 11.5 Å². The first-order valence-electron chi connectivity index (χ1n) is 7.76. The molecule has 0 amide bonds. The van der Waals surface area contributed by atoms with Gasteiger partial charge in [-0.25, -0.2) is 0 Å². The van der Waals surface area contributed by atoms with E-state index in [0.717, 1.165) is 12.8 Å². The van der Waals surface area contributed by atoms with Crippen LogP contribution in [0, 0.1) is 22.7 Å². The monoisotopic (exact) mass is 288 g/mol. The number of Topliss-reactive ketones (excluding diaryl/α,β-unsaturated/α-hetero) is 1. The molecule has 0 bridgehead atoms. The number of carbonyl (C=O) groups excluding carboxylic acids is 1. The summed E-state index contributed by atoms with van der Waals surface area (Å²) in [5.41, 5.74) is 0.207. The van der Waals surface area contributed by atoms with Crippen LogP contribution in [-0.4, -0.2) is 18.0 Å². The van der Waals surface area contributed by atoms with Crippen LogP contribution in [0.5, 0.6) is 11.5 Å². The van der Waals surface area contributed by atoms with Crippen molar-refractivity contribution in [2.75, 3.05) is 7.11 Å². The maximum atomic E-state index is 13.1. The van der Waals surface area contributed by atoms with Gasteiger partial charge in [-0.05, 0) is 42.2 Å². The van der Waals surface area contributed by atoms with E-state index in [1.54, 1.807) is 19.2 Å². The molecule has 114 valence electrons. The number of aromatic hydroxyl groups is 1. The van der Waals surface area contributed by atoms with Gasteiger partial charge in [0.2, 0.25) is 0 Å². The first kappa shape index (κ1) is 14.4. The Morgan fingerprint density at radius 3 is 2.67 bits per heavy atom. The van der Waals surface area contributed by atoms with E-state index in [9.17, 15) is 9.90 Å². The van der Waals surface area contributed by atoms with Crippen LogP contribution in [0.2, 0.25) is 0 Å². The van der Waals surface area contributed by atoms with Crippen molar-refractivity contribution in [2.24, 2.45) is 22.7 Å². The molecule has 3 atom stereocenters. The normalized spacial score (nSPS) is 33.1. The Labute approximate surface area is 126 Å². The molecule has 1 aromatic carbocycles. The zero-order chi connectivity index (χ0) is 15.4. The van der Waals surface area contributed by atoms with Crippen molar-refractivity contribution in [1.29, 1.82) is 0 Å². The number of methoxy groups -OCH3 is 1. The number of fused-ring (bicyclic) bond motifs is 1. The molecule has 0 heterocycles. The summed E-state index contributed by atoms with van der Waals surface area (Å²) in [5, 5.41) is 10.2. The largest absolute Gasteiger partial charge is 0.507 e. The summed E-state index contributed by atoms with van der Waals surface area (Å²) in [7, 11) is 1.55. The SMILES string of the molecule is COc1ccc(C(=O)[C@]23C[C@@H](C)CC[C@@H]2C3(C)C)c(O)c1. The van der Waals surface area contributed by atoms with Gasteiger partial charge < -0.3 is 9.84 Å². The van der Waals surface area contributed by atoms with E-state index in [1.807, 2.05) is 0 Å². The highest BCUT2D eigenvalue weighted by Gasteiger charge is 2.75. The van der Waals surface area contributed by atoms with Gasteiger partial charge in [-0.15, -0.1) is 0 Å². The van der Waals surface area contributed by atoms with E-state index in [0.29, 0.717) is 23.1 Å². The lowest BCUT2D eigenvalue weighted by atomic mass is 9.76. The van der Waals surface area contributed by atoms with Crippen LogP contribution < -0.4 is 4.74 Å². The van der Waals surface area contributed by atoms with Gasteiger partial charge in [0.15, 0.2) is 5.78 Å². The lowest BCUT2D eigenvalue weighted by Crippen LogP contribution is -2.27. The second-order valence-electron chi connectivity index (χ2n) is 7.34. The standard InChI is InChI=1S/C18H24O3/c1-11-5-8-15-17(2,3)18(15,10-11)16(20)13-7-6-12(21-4)9-14(13)19/h6-7,9,11,15,19H,5,8,10H2,1-4H3/t11-,15+,18-/m0/s1. The van der Waals surface area contributed by atoms with Gasteiger partial charge in [-0.1, -0.05) is 27.2 Å². The molecule has 3 nitrogen and oxygen atoms in total. The van der Waals surface area contributed by atoms with Gasteiger partial charge in [0.1, 0.15) is 11.5 Å². The Kier molecular flexibility index (Phi) is 3.09. The highest BCUT2D eigenvalue weighted by atomic mass is 16.5. The van der Waals surface area contributed by atoms with E-state index in [-0.39, 0.29) is 22.4 Å². The number of benzene rings is 1. The molecule has 0 aliphatic heterocycles. The third-order valence-electron chi connectivity index (χ3n) is 6.01. The lowest BCUT2D eigenvalue weighted by molar-refractivity contribution is 0.0807. The minimum atomic E-state index is -0.281. The molecule has 0 aromatic heterocycles. The molecule has 3 heteroatoms. The second kappa shape index (κ2) is 4.49. The molecule has 2 saturated carbocycles. The van der Waals surface area contributed by atoms with Gasteiger partial charge in [-0.2, -0.15) is 0 Å². The van der Waals surface area contributed by atoms with Crippen LogP contribution in [0.4, 0.5) is 0 Å². The lowest BCUT2D eigenvalue weighted by Gasteiger charge is -2.27. The predicted octanol–water partition coefficient (Wildman–Crippen LogP) is 4.05. The van der Waals surface area contributed by atoms with Crippen LogP contribution in [0.3, 0.4) is 0 Å². The average molecular weight is 288 g/mol. The van der Waals surface area contributed by atoms with Crippen LogP contribution >= 0.6 is 0 Å². The van der Waals surface area contributed by atoms with Crippen molar-refractivity contribution in [2.45, 2.75) is 40.0 Å². The zero-order valence-corrected chi connectivity index (χ0v) is 13.3. The van der Waals surface area contributed by atoms with Gasteiger partial charge >= 0.3 is 0 Å². The number of ketones is 1. The number of rotatable bonds is 3. The maximum absolute atomic E-state index is 13.1. The highest BCUT2D eigenvalue weighted by molar-refractivity contribution is 6.05. The molecular weight excluding hydrogens is 264 g/mol. The number of phenolic OH excluding ortho intramolecular Hbond substituents is 1. The first-order chi connectivity index (χ1) is 9.84. The van der Waals surface area contributed by atoms with Crippen LogP contribution in [0.1, 0.15) is 50.4 Å². The number of hydrogen-bond acceptors (Lipinski definition) is 3. The number of ether oxygens (including phenoxy) is 1. The second-order valence-corrected chi connectivity index (χ2v) is 7.34. The van der Waals surface area contributed by atoms with Gasteiger partial charge in [-0.3, -0.25) is 4.79 Å². The maximum Gasteiger partial charge on any atom is 0.173 e. The summed E-state index contributed by atoms with van der Waals surface area (Å²) in [4.78, 5) is 13.1. The fourth-order valence-electron chi connectivity index (χ4n) is 4.70. The minimum absolute atomic E-state index is 0.0356. The topological polar surface area (TPSA) is 46.5 Å². The van der Waals surface area contributed by atoms with Crippen molar-refractivity contribution in [3.8, 4) is 11.5 Å². The Morgan fingerprint density at radius 1 is 1.33 bits per heavy atom. The predicted molar refractivity (Wildman–Crippen MR) is 81.7 cm³/mol. The molecule has 2 aliphatic rings. The smallest absolute Gasteiger partial charge is 0.173 e. The molecular formula is C18H24O3. The quantitative estimate of drug-likeness (QED) is 0.854. The Hall–Kier alpha value is -1.51. The molecule has 0 radical (unpaired) electrons. The molecule has 3 rings (SSSR count). The van der Waals surface area contributed by atoms with E-state index in [1.165, 1.54) is 12.5 Å². The Bertz CT molecular complexity index is 590. The van der Waals surface area contributed by atoms with Gasteiger partial charge in [0.25, 0.3) is 0 Å². The molecule has 0 unspecified atom stereocenters. The van der Waals surface area contributed by atoms with Crippen molar-refractivity contribution in [1.82, 2.24) is 0 Å². The summed E-state index contributed by atoms with van der Waals surface area (Å²) >= 11 is 0. The van der Waals surface area contributed by atoms with Crippen molar-refractivity contribution < 1.29 is 14.6 Å².